The molecule has 0 aliphatic heterocycles. The summed E-state index contributed by atoms with van der Waals surface area (Å²) >= 11 is 0. The lowest BCUT2D eigenvalue weighted by atomic mass is 10.2. The zero-order valence-electron chi connectivity index (χ0n) is 10.4. The van der Waals surface area contributed by atoms with Gasteiger partial charge >= 0.3 is 5.69 Å². The van der Waals surface area contributed by atoms with Crippen molar-refractivity contribution >= 4 is 22.7 Å². The molecule has 21 heavy (non-hydrogen) atoms. The van der Waals surface area contributed by atoms with E-state index >= 15 is 0 Å². The molecule has 0 spiro atoms. The highest BCUT2D eigenvalue weighted by molar-refractivity contribution is 5.79. The number of hydrogen-bond donors (Lipinski definition) is 3. The number of nitrogens with two attached hydrogens (primary N) is 1. The van der Waals surface area contributed by atoms with E-state index in [1.807, 2.05) is 0 Å². The van der Waals surface area contributed by atoms with E-state index in [1.165, 1.54) is 18.2 Å². The first-order valence-electron chi connectivity index (χ1n) is 5.59. The third-order valence-corrected chi connectivity index (χ3v) is 2.65. The van der Waals surface area contributed by atoms with Crippen LogP contribution in [0.15, 0.2) is 30.3 Å². The normalized spacial score (nSPS) is 10.3. The van der Waals surface area contributed by atoms with Crippen molar-refractivity contribution < 1.29 is 18.1 Å². The number of hydrazine groups is 1. The summed E-state index contributed by atoms with van der Waals surface area (Å²) in [6, 6.07) is 4.94. The molecular formula is C12H9F3N4O2. The fourth-order valence-electron chi connectivity index (χ4n) is 1.72. The minimum absolute atomic E-state index is 0.0204. The monoisotopic (exact) mass is 298 g/mol. The molecule has 110 valence electrons. The zero-order chi connectivity index (χ0) is 15.6. The van der Waals surface area contributed by atoms with Crippen molar-refractivity contribution in [3.05, 3.63) is 57.9 Å². The molecule has 4 N–H and O–H groups in total. The molecule has 0 amide bonds. The van der Waals surface area contributed by atoms with Crippen LogP contribution in [-0.2, 0) is 0 Å². The molecule has 0 aliphatic rings. The predicted octanol–water partition coefficient (Wildman–Crippen LogP) is 3.04. The lowest BCUT2D eigenvalue weighted by Crippen LogP contribution is -2.10. The van der Waals surface area contributed by atoms with Crippen LogP contribution in [0, 0.1) is 27.6 Å². The largest absolute Gasteiger partial charge is 0.347 e. The van der Waals surface area contributed by atoms with Gasteiger partial charge < -0.3 is 10.7 Å². The Bertz CT molecular complexity index is 709. The number of nitrogens with zero attached hydrogens (tertiary/aromatic N) is 1. The van der Waals surface area contributed by atoms with Crippen LogP contribution in [0.4, 0.5) is 35.9 Å². The standard InChI is InChI=1S/C12H9F3N4O2/c13-6-4-8(15)11(5-7(6)14)17-9-2-1-3-10(18-16)12(9)19(20)21/h1-5,17-18H,16H2. The highest BCUT2D eigenvalue weighted by atomic mass is 19.2. The van der Waals surface area contributed by atoms with Crippen molar-refractivity contribution in [3.63, 3.8) is 0 Å². The van der Waals surface area contributed by atoms with Crippen LogP contribution in [0.5, 0.6) is 0 Å². The molecule has 6 nitrogen and oxygen atoms in total. The van der Waals surface area contributed by atoms with E-state index in [4.69, 9.17) is 5.84 Å². The molecule has 0 saturated carbocycles. The summed E-state index contributed by atoms with van der Waals surface area (Å²) in [5.74, 6) is 1.43. The number of nitrogens with one attached hydrogen (secondary N) is 2. The molecule has 0 radical (unpaired) electrons. The number of para-hydroxylation sites is 1. The quantitative estimate of drug-likeness (QED) is 0.349. The minimum atomic E-state index is -1.36. The van der Waals surface area contributed by atoms with Gasteiger partial charge in [-0.15, -0.1) is 0 Å². The molecule has 0 saturated heterocycles. The van der Waals surface area contributed by atoms with Gasteiger partial charge in [-0.05, 0) is 12.1 Å². The summed E-state index contributed by atoms with van der Waals surface area (Å²) < 4.78 is 39.5. The van der Waals surface area contributed by atoms with Gasteiger partial charge in [0.15, 0.2) is 11.6 Å². The Kier molecular flexibility index (Phi) is 3.94. The van der Waals surface area contributed by atoms with Gasteiger partial charge in [0, 0.05) is 12.1 Å². The topological polar surface area (TPSA) is 93.2 Å². The van der Waals surface area contributed by atoms with Crippen LogP contribution < -0.4 is 16.6 Å². The van der Waals surface area contributed by atoms with Gasteiger partial charge in [-0.1, -0.05) is 6.07 Å². The molecule has 0 heterocycles. The second kappa shape index (κ2) is 5.67. The van der Waals surface area contributed by atoms with Crippen LogP contribution in [-0.4, -0.2) is 4.92 Å². The number of rotatable bonds is 4. The van der Waals surface area contributed by atoms with E-state index < -0.39 is 33.7 Å². The smallest absolute Gasteiger partial charge is 0.316 e. The first-order chi connectivity index (χ1) is 9.93. The highest BCUT2D eigenvalue weighted by Crippen LogP contribution is 2.35. The maximum absolute atomic E-state index is 13.6. The van der Waals surface area contributed by atoms with Crippen molar-refractivity contribution in [1.82, 2.24) is 0 Å². The van der Waals surface area contributed by atoms with Crippen LogP contribution in [0.2, 0.25) is 0 Å². The van der Waals surface area contributed by atoms with Gasteiger partial charge in [0.2, 0.25) is 0 Å². The average Bonchev–Trinajstić information content (AvgIpc) is 2.44. The Balaban J connectivity index is 2.49. The molecule has 0 aromatic heterocycles. The summed E-state index contributed by atoms with van der Waals surface area (Å²) in [4.78, 5) is 10.3. The number of nitrogen functional groups attached to an aromatic ring is 1. The molecular weight excluding hydrogens is 289 g/mol. The van der Waals surface area contributed by atoms with Gasteiger partial charge in [0.05, 0.1) is 10.6 Å². The fourth-order valence-corrected chi connectivity index (χ4v) is 1.72. The average molecular weight is 298 g/mol. The number of nitro groups is 1. The predicted molar refractivity (Wildman–Crippen MR) is 70.5 cm³/mol. The van der Waals surface area contributed by atoms with Gasteiger partial charge in [0.25, 0.3) is 0 Å². The molecule has 2 aromatic carbocycles. The van der Waals surface area contributed by atoms with Crippen molar-refractivity contribution in [2.45, 2.75) is 0 Å². The number of nitro benzene ring substituents is 1. The SMILES string of the molecule is NNc1cccc(Nc2cc(F)c(F)cc2F)c1[N+](=O)[O-]. The Morgan fingerprint density at radius 2 is 1.62 bits per heavy atom. The van der Waals surface area contributed by atoms with E-state index in [0.717, 1.165) is 0 Å². The molecule has 0 aliphatic carbocycles. The molecule has 0 atom stereocenters. The van der Waals surface area contributed by atoms with Crippen LogP contribution >= 0.6 is 0 Å². The number of anilines is 3. The second-order valence-electron chi connectivity index (χ2n) is 3.97. The van der Waals surface area contributed by atoms with Gasteiger partial charge in [-0.25, -0.2) is 13.2 Å². The van der Waals surface area contributed by atoms with Gasteiger partial charge in [-0.3, -0.25) is 16.0 Å². The maximum Gasteiger partial charge on any atom is 0.316 e. The van der Waals surface area contributed by atoms with Crippen LogP contribution in [0.3, 0.4) is 0 Å². The number of benzene rings is 2. The Labute approximate surface area is 116 Å². The van der Waals surface area contributed by atoms with Crippen molar-refractivity contribution in [3.8, 4) is 0 Å². The zero-order valence-corrected chi connectivity index (χ0v) is 10.4. The van der Waals surface area contributed by atoms with Crippen molar-refractivity contribution in [2.24, 2.45) is 5.84 Å². The van der Waals surface area contributed by atoms with Gasteiger partial charge in [0.1, 0.15) is 17.2 Å². The summed E-state index contributed by atoms with van der Waals surface area (Å²) in [7, 11) is 0. The summed E-state index contributed by atoms with van der Waals surface area (Å²) in [5.41, 5.74) is 1.09. The minimum Gasteiger partial charge on any atom is -0.347 e. The van der Waals surface area contributed by atoms with Crippen molar-refractivity contribution in [1.29, 1.82) is 0 Å². The van der Waals surface area contributed by atoms with E-state index in [2.05, 4.69) is 10.7 Å². The first-order valence-corrected chi connectivity index (χ1v) is 5.59. The van der Waals surface area contributed by atoms with Crippen LogP contribution in [0.25, 0.3) is 0 Å². The van der Waals surface area contributed by atoms with E-state index in [0.29, 0.717) is 12.1 Å². The molecule has 0 bridgehead atoms. The highest BCUT2D eigenvalue weighted by Gasteiger charge is 2.20. The van der Waals surface area contributed by atoms with Gasteiger partial charge in [-0.2, -0.15) is 0 Å². The Morgan fingerprint density at radius 1 is 1.00 bits per heavy atom. The molecule has 2 rings (SSSR count). The lowest BCUT2D eigenvalue weighted by molar-refractivity contribution is -0.383. The molecule has 0 unspecified atom stereocenters. The molecule has 0 fully saturated rings. The maximum atomic E-state index is 13.6. The Hall–Kier alpha value is -2.81. The third kappa shape index (κ3) is 2.87. The van der Waals surface area contributed by atoms with E-state index in [1.54, 1.807) is 0 Å². The summed E-state index contributed by atoms with van der Waals surface area (Å²) in [6.45, 7) is 0. The third-order valence-electron chi connectivity index (χ3n) is 2.65. The van der Waals surface area contributed by atoms with E-state index in [-0.39, 0.29) is 11.4 Å². The number of halogens is 3. The summed E-state index contributed by atoms with van der Waals surface area (Å²) in [6.07, 6.45) is 0. The lowest BCUT2D eigenvalue weighted by Gasteiger charge is -2.10. The fraction of sp³-hybridized carbons (Fsp3) is 0. The van der Waals surface area contributed by atoms with Crippen LogP contribution in [0.1, 0.15) is 0 Å². The number of hydrogen-bond acceptors (Lipinski definition) is 5. The first kappa shape index (κ1) is 14.6. The van der Waals surface area contributed by atoms with E-state index in [9.17, 15) is 23.3 Å². The second-order valence-corrected chi connectivity index (χ2v) is 3.97. The van der Waals surface area contributed by atoms with Crippen molar-refractivity contribution in [2.75, 3.05) is 10.7 Å². The Morgan fingerprint density at radius 3 is 2.24 bits per heavy atom. The molecule has 9 heteroatoms. The summed E-state index contributed by atoms with van der Waals surface area (Å²) in [5, 5.41) is 13.4. The molecule has 2 aromatic rings.